The van der Waals surface area contributed by atoms with Crippen LogP contribution in [0.5, 0.6) is 17.2 Å². The first-order valence-electron chi connectivity index (χ1n) is 9.34. The second-order valence-electron chi connectivity index (χ2n) is 6.71. The van der Waals surface area contributed by atoms with Crippen LogP contribution in [-0.4, -0.2) is 58.8 Å². The summed E-state index contributed by atoms with van der Waals surface area (Å²) in [6.45, 7) is 2.80. The highest BCUT2D eigenvalue weighted by molar-refractivity contribution is 5.85. The van der Waals surface area contributed by atoms with E-state index in [1.807, 2.05) is 24.1 Å². The molecular weight excluding hydrogens is 368 g/mol. The molecule has 1 aromatic rings. The lowest BCUT2D eigenvalue weighted by Crippen LogP contribution is -2.39. The summed E-state index contributed by atoms with van der Waals surface area (Å²) in [6.07, 6.45) is 4.51. The van der Waals surface area contributed by atoms with Gasteiger partial charge in [-0.2, -0.15) is 0 Å². The molecule has 27 heavy (non-hydrogen) atoms. The summed E-state index contributed by atoms with van der Waals surface area (Å²) in [7, 11) is 6.79. The molecular formula is C20H33ClN2O4. The number of benzene rings is 1. The van der Waals surface area contributed by atoms with Gasteiger partial charge in [-0.05, 0) is 56.8 Å². The molecule has 0 atom stereocenters. The zero-order valence-electron chi connectivity index (χ0n) is 16.9. The number of nitrogens with zero attached hydrogens (tertiary/aromatic N) is 1. The van der Waals surface area contributed by atoms with E-state index >= 15 is 0 Å². The molecule has 0 unspecified atom stereocenters. The highest BCUT2D eigenvalue weighted by Gasteiger charge is 2.23. The maximum atomic E-state index is 12.6. The molecule has 1 N–H and O–H groups in total. The van der Waals surface area contributed by atoms with Gasteiger partial charge in [-0.1, -0.05) is 6.07 Å². The van der Waals surface area contributed by atoms with Crippen LogP contribution in [0.2, 0.25) is 0 Å². The van der Waals surface area contributed by atoms with E-state index in [2.05, 4.69) is 5.32 Å². The van der Waals surface area contributed by atoms with Crippen LogP contribution >= 0.6 is 12.4 Å². The number of halogens is 1. The monoisotopic (exact) mass is 400 g/mol. The number of rotatable bonds is 9. The van der Waals surface area contributed by atoms with Crippen molar-refractivity contribution in [1.29, 1.82) is 0 Å². The summed E-state index contributed by atoms with van der Waals surface area (Å²) in [4.78, 5) is 14.6. The molecule has 0 bridgehead atoms. The van der Waals surface area contributed by atoms with Gasteiger partial charge in [0.1, 0.15) is 0 Å². The molecule has 0 saturated carbocycles. The van der Waals surface area contributed by atoms with Crippen molar-refractivity contribution in [3.63, 3.8) is 0 Å². The predicted molar refractivity (Wildman–Crippen MR) is 110 cm³/mol. The molecule has 1 saturated heterocycles. The molecule has 6 nitrogen and oxygen atoms in total. The number of methoxy groups -OCH3 is 3. The Balaban J connectivity index is 0.00000364. The number of likely N-dealkylation sites (tertiary alicyclic amines) is 1. The lowest BCUT2D eigenvalue weighted by molar-refractivity contribution is -0.132. The highest BCUT2D eigenvalue weighted by atomic mass is 35.5. The van der Waals surface area contributed by atoms with E-state index in [4.69, 9.17) is 14.2 Å². The van der Waals surface area contributed by atoms with E-state index in [9.17, 15) is 4.79 Å². The van der Waals surface area contributed by atoms with Gasteiger partial charge in [0.25, 0.3) is 0 Å². The summed E-state index contributed by atoms with van der Waals surface area (Å²) in [5.74, 6) is 2.80. The van der Waals surface area contributed by atoms with Crippen molar-refractivity contribution in [2.24, 2.45) is 5.92 Å². The topological polar surface area (TPSA) is 60.0 Å². The molecule has 1 aliphatic rings. The fraction of sp³-hybridized carbons (Fsp3) is 0.650. The average Bonchev–Trinajstić information content (AvgIpc) is 2.69. The standard InChI is InChI=1S/C20H32N2O4.ClH/c1-21-12-9-15-10-13-22(14-11-15)18(23)8-6-16-5-7-17(24-2)20(26-4)19(16)25-3;/h5,7,15,21H,6,8-14H2,1-4H3;1H. The minimum Gasteiger partial charge on any atom is -0.493 e. The summed E-state index contributed by atoms with van der Waals surface area (Å²) in [5.41, 5.74) is 0.961. The van der Waals surface area contributed by atoms with Crippen molar-refractivity contribution in [3.05, 3.63) is 17.7 Å². The zero-order chi connectivity index (χ0) is 18.9. The molecule has 1 fully saturated rings. The van der Waals surface area contributed by atoms with Gasteiger partial charge in [0.05, 0.1) is 21.3 Å². The second-order valence-corrected chi connectivity index (χ2v) is 6.71. The van der Waals surface area contributed by atoms with Crippen molar-refractivity contribution in [3.8, 4) is 17.2 Å². The average molecular weight is 401 g/mol. The predicted octanol–water partition coefficient (Wildman–Crippen LogP) is 2.91. The Morgan fingerprint density at radius 2 is 1.78 bits per heavy atom. The van der Waals surface area contributed by atoms with Crippen LogP contribution in [0.3, 0.4) is 0 Å². The lowest BCUT2D eigenvalue weighted by Gasteiger charge is -2.32. The molecule has 0 aliphatic carbocycles. The van der Waals surface area contributed by atoms with Crippen LogP contribution in [0.4, 0.5) is 0 Å². The minimum atomic E-state index is 0. The number of ether oxygens (including phenoxy) is 3. The zero-order valence-corrected chi connectivity index (χ0v) is 17.7. The van der Waals surface area contributed by atoms with Crippen LogP contribution in [0.15, 0.2) is 12.1 Å². The lowest BCUT2D eigenvalue weighted by atomic mass is 9.93. The smallest absolute Gasteiger partial charge is 0.222 e. The fourth-order valence-electron chi connectivity index (χ4n) is 3.58. The molecule has 0 aromatic heterocycles. The van der Waals surface area contributed by atoms with Crippen LogP contribution in [0.1, 0.15) is 31.2 Å². The van der Waals surface area contributed by atoms with Gasteiger partial charge in [0, 0.05) is 19.5 Å². The van der Waals surface area contributed by atoms with E-state index in [-0.39, 0.29) is 18.3 Å². The molecule has 0 radical (unpaired) electrons. The van der Waals surface area contributed by atoms with Crippen molar-refractivity contribution in [2.45, 2.75) is 32.1 Å². The van der Waals surface area contributed by atoms with Gasteiger partial charge in [0.2, 0.25) is 11.7 Å². The number of hydrogen-bond donors (Lipinski definition) is 1. The van der Waals surface area contributed by atoms with Gasteiger partial charge >= 0.3 is 0 Å². The normalized spacial score (nSPS) is 14.4. The maximum absolute atomic E-state index is 12.6. The fourth-order valence-corrected chi connectivity index (χ4v) is 3.58. The Morgan fingerprint density at radius 3 is 2.33 bits per heavy atom. The van der Waals surface area contributed by atoms with Gasteiger partial charge < -0.3 is 24.4 Å². The number of carbonyl (C=O) groups excluding carboxylic acids is 1. The first-order valence-corrected chi connectivity index (χ1v) is 9.34. The summed E-state index contributed by atoms with van der Waals surface area (Å²) < 4.78 is 16.2. The van der Waals surface area contributed by atoms with E-state index in [1.54, 1.807) is 21.3 Å². The van der Waals surface area contributed by atoms with E-state index < -0.39 is 0 Å². The van der Waals surface area contributed by atoms with Crippen LogP contribution in [-0.2, 0) is 11.2 Å². The Morgan fingerprint density at radius 1 is 1.11 bits per heavy atom. The molecule has 0 spiro atoms. The third kappa shape index (κ3) is 6.18. The van der Waals surface area contributed by atoms with Crippen molar-refractivity contribution in [1.82, 2.24) is 10.2 Å². The maximum Gasteiger partial charge on any atom is 0.222 e. The van der Waals surface area contributed by atoms with E-state index in [1.165, 1.54) is 6.42 Å². The minimum absolute atomic E-state index is 0. The summed E-state index contributed by atoms with van der Waals surface area (Å²) in [6, 6.07) is 3.80. The molecule has 1 aliphatic heterocycles. The Kier molecular flexibility index (Phi) is 10.3. The number of piperidine rings is 1. The Bertz CT molecular complexity index is 590. The number of aryl methyl sites for hydroxylation is 1. The van der Waals surface area contributed by atoms with Crippen molar-refractivity contribution < 1.29 is 19.0 Å². The van der Waals surface area contributed by atoms with Crippen LogP contribution in [0, 0.1) is 5.92 Å². The van der Waals surface area contributed by atoms with Gasteiger partial charge in [-0.25, -0.2) is 0 Å². The second kappa shape index (κ2) is 11.9. The number of hydrogen-bond acceptors (Lipinski definition) is 5. The molecule has 2 rings (SSSR count). The molecule has 1 amide bonds. The molecule has 1 heterocycles. The summed E-state index contributed by atoms with van der Waals surface area (Å²) in [5, 5.41) is 3.20. The third-order valence-corrected chi connectivity index (χ3v) is 5.16. The first-order chi connectivity index (χ1) is 12.6. The number of nitrogens with one attached hydrogen (secondary N) is 1. The largest absolute Gasteiger partial charge is 0.493 e. The Hall–Kier alpha value is -1.66. The molecule has 7 heteroatoms. The third-order valence-electron chi connectivity index (χ3n) is 5.16. The quantitative estimate of drug-likeness (QED) is 0.690. The van der Waals surface area contributed by atoms with Gasteiger partial charge in [0.15, 0.2) is 11.5 Å². The van der Waals surface area contributed by atoms with Crippen LogP contribution < -0.4 is 19.5 Å². The number of amides is 1. The Labute approximate surface area is 168 Å². The van der Waals surface area contributed by atoms with Crippen LogP contribution in [0.25, 0.3) is 0 Å². The van der Waals surface area contributed by atoms with Gasteiger partial charge in [-0.3, -0.25) is 4.79 Å². The SMILES string of the molecule is CNCCC1CCN(C(=O)CCc2ccc(OC)c(OC)c2OC)CC1.Cl. The first kappa shape index (κ1) is 23.4. The van der Waals surface area contributed by atoms with Crippen molar-refractivity contribution >= 4 is 18.3 Å². The summed E-state index contributed by atoms with van der Waals surface area (Å²) >= 11 is 0. The molecule has 1 aromatic carbocycles. The van der Waals surface area contributed by atoms with E-state index in [0.717, 1.165) is 44.0 Å². The number of carbonyl (C=O) groups is 1. The molecule has 154 valence electrons. The highest BCUT2D eigenvalue weighted by Crippen LogP contribution is 2.40. The van der Waals surface area contributed by atoms with E-state index in [0.29, 0.717) is 30.1 Å². The van der Waals surface area contributed by atoms with Gasteiger partial charge in [-0.15, -0.1) is 12.4 Å². The van der Waals surface area contributed by atoms with Crippen molar-refractivity contribution in [2.75, 3.05) is 48.0 Å².